The summed E-state index contributed by atoms with van der Waals surface area (Å²) in [4.78, 5) is 49.6. The van der Waals surface area contributed by atoms with Crippen LogP contribution in [0.5, 0.6) is 0 Å². The molecule has 1 atom stereocenters. The zero-order chi connectivity index (χ0) is 21.1. The number of rotatable bonds is 4. The highest BCUT2D eigenvalue weighted by Crippen LogP contribution is 2.30. The van der Waals surface area contributed by atoms with Gasteiger partial charge in [0.15, 0.2) is 0 Å². The molecule has 30 heavy (non-hydrogen) atoms. The summed E-state index contributed by atoms with van der Waals surface area (Å²) in [5.41, 5.74) is 1.19. The van der Waals surface area contributed by atoms with Gasteiger partial charge in [-0.3, -0.25) is 14.4 Å². The van der Waals surface area contributed by atoms with Crippen molar-refractivity contribution in [1.29, 1.82) is 0 Å². The van der Waals surface area contributed by atoms with Crippen LogP contribution in [0.4, 0.5) is 0 Å². The smallest absolute Gasteiger partial charge is 0.256 e. The number of aromatic nitrogens is 2. The number of methoxy groups -OCH3 is 1. The van der Waals surface area contributed by atoms with Crippen molar-refractivity contribution in [2.75, 3.05) is 26.8 Å². The third-order valence-electron chi connectivity index (χ3n) is 6.76. The Labute approximate surface area is 177 Å². The van der Waals surface area contributed by atoms with Crippen LogP contribution in [0.15, 0.2) is 4.79 Å². The number of hydrogen-bond donors (Lipinski definition) is 1. The zero-order valence-corrected chi connectivity index (χ0v) is 17.8. The zero-order valence-electron chi connectivity index (χ0n) is 17.8. The van der Waals surface area contributed by atoms with Crippen LogP contribution in [0.1, 0.15) is 74.5 Å². The van der Waals surface area contributed by atoms with E-state index in [0.717, 1.165) is 50.6 Å². The molecule has 2 amide bonds. The van der Waals surface area contributed by atoms with Gasteiger partial charge in [0.2, 0.25) is 11.8 Å². The fourth-order valence-corrected chi connectivity index (χ4v) is 5.12. The monoisotopic (exact) mass is 416 g/mol. The topological polar surface area (TPSA) is 95.6 Å². The Morgan fingerprint density at radius 1 is 1.10 bits per heavy atom. The molecule has 4 rings (SSSR count). The van der Waals surface area contributed by atoms with Gasteiger partial charge >= 0.3 is 0 Å². The molecular formula is C22H32N4O4. The second-order valence-electron chi connectivity index (χ2n) is 8.75. The molecule has 1 aliphatic carbocycles. The summed E-state index contributed by atoms with van der Waals surface area (Å²) in [5, 5.41) is 0. The van der Waals surface area contributed by atoms with Crippen LogP contribution in [-0.2, 0) is 27.3 Å². The summed E-state index contributed by atoms with van der Waals surface area (Å²) in [6, 6.07) is -0.221. The van der Waals surface area contributed by atoms with Crippen molar-refractivity contribution >= 4 is 11.8 Å². The Balaban J connectivity index is 1.53. The van der Waals surface area contributed by atoms with Crippen molar-refractivity contribution in [2.45, 2.75) is 70.4 Å². The van der Waals surface area contributed by atoms with Gasteiger partial charge in [-0.2, -0.15) is 0 Å². The number of aromatic amines is 1. The molecule has 8 nitrogen and oxygen atoms in total. The SMILES string of the molecule is COCC(=O)N1CCCCC1c1nc2c(c(=O)[nH]1)CN(C(=O)C1CCCCC1)CC2. The molecule has 3 heterocycles. The Hall–Kier alpha value is -2.22. The van der Waals surface area contributed by atoms with E-state index >= 15 is 0 Å². The molecular weight excluding hydrogens is 384 g/mol. The first-order chi connectivity index (χ1) is 14.6. The van der Waals surface area contributed by atoms with E-state index in [1.54, 1.807) is 4.90 Å². The van der Waals surface area contributed by atoms with Crippen LogP contribution in [0.3, 0.4) is 0 Å². The normalized spacial score (nSPS) is 22.6. The van der Waals surface area contributed by atoms with Gasteiger partial charge in [-0.1, -0.05) is 19.3 Å². The van der Waals surface area contributed by atoms with Gasteiger partial charge in [-0.25, -0.2) is 4.98 Å². The van der Waals surface area contributed by atoms with E-state index in [2.05, 4.69) is 4.98 Å². The van der Waals surface area contributed by atoms with Crippen LogP contribution in [-0.4, -0.2) is 58.4 Å². The van der Waals surface area contributed by atoms with Gasteiger partial charge < -0.3 is 19.5 Å². The number of nitrogens with one attached hydrogen (secondary N) is 1. The van der Waals surface area contributed by atoms with Crippen molar-refractivity contribution in [2.24, 2.45) is 5.92 Å². The summed E-state index contributed by atoms with van der Waals surface area (Å²) in [6.07, 6.45) is 8.67. The maximum absolute atomic E-state index is 12.9. The van der Waals surface area contributed by atoms with E-state index < -0.39 is 0 Å². The Morgan fingerprint density at radius 2 is 1.87 bits per heavy atom. The van der Waals surface area contributed by atoms with Gasteiger partial charge in [0.25, 0.3) is 5.56 Å². The number of nitrogens with zero attached hydrogens (tertiary/aromatic N) is 3. The van der Waals surface area contributed by atoms with Gasteiger partial charge in [0.05, 0.1) is 23.8 Å². The first-order valence-corrected chi connectivity index (χ1v) is 11.3. The molecule has 2 aliphatic heterocycles. The van der Waals surface area contributed by atoms with E-state index in [4.69, 9.17) is 9.72 Å². The maximum Gasteiger partial charge on any atom is 0.256 e. The fourth-order valence-electron chi connectivity index (χ4n) is 5.12. The van der Waals surface area contributed by atoms with Crippen molar-refractivity contribution in [3.8, 4) is 0 Å². The minimum Gasteiger partial charge on any atom is -0.375 e. The second kappa shape index (κ2) is 9.29. The lowest BCUT2D eigenvalue weighted by molar-refractivity contribution is -0.139. The molecule has 3 aliphatic rings. The van der Waals surface area contributed by atoms with E-state index in [1.165, 1.54) is 13.5 Å². The molecule has 1 saturated carbocycles. The van der Waals surface area contributed by atoms with Crippen LogP contribution in [0, 0.1) is 5.92 Å². The average molecular weight is 417 g/mol. The number of carbonyl (C=O) groups excluding carboxylic acids is 2. The quantitative estimate of drug-likeness (QED) is 0.809. The number of fused-ring (bicyclic) bond motifs is 1. The third kappa shape index (κ3) is 4.29. The maximum atomic E-state index is 12.9. The summed E-state index contributed by atoms with van der Waals surface area (Å²) in [6.45, 7) is 1.63. The number of ether oxygens (including phenoxy) is 1. The summed E-state index contributed by atoms with van der Waals surface area (Å²) < 4.78 is 5.02. The molecule has 1 unspecified atom stereocenters. The van der Waals surface area contributed by atoms with Crippen molar-refractivity contribution in [1.82, 2.24) is 19.8 Å². The Morgan fingerprint density at radius 3 is 2.63 bits per heavy atom. The van der Waals surface area contributed by atoms with Gasteiger partial charge in [-0.15, -0.1) is 0 Å². The molecule has 2 fully saturated rings. The van der Waals surface area contributed by atoms with Crippen molar-refractivity contribution in [3.63, 3.8) is 0 Å². The minimum absolute atomic E-state index is 0.0317. The molecule has 0 aromatic carbocycles. The Kier molecular flexibility index (Phi) is 6.51. The lowest BCUT2D eigenvalue weighted by atomic mass is 9.88. The summed E-state index contributed by atoms with van der Waals surface area (Å²) in [5.74, 6) is 0.781. The van der Waals surface area contributed by atoms with Crippen LogP contribution in [0.25, 0.3) is 0 Å². The Bertz CT molecular complexity index is 846. The summed E-state index contributed by atoms with van der Waals surface area (Å²) >= 11 is 0. The third-order valence-corrected chi connectivity index (χ3v) is 6.76. The highest BCUT2D eigenvalue weighted by Gasteiger charge is 2.33. The number of piperidine rings is 1. The number of H-pyrrole nitrogens is 1. The number of carbonyl (C=O) groups is 2. The molecule has 8 heteroatoms. The van der Waals surface area contributed by atoms with Gasteiger partial charge in [0.1, 0.15) is 12.4 Å². The number of likely N-dealkylation sites (tertiary alicyclic amines) is 1. The molecule has 0 bridgehead atoms. The van der Waals surface area contributed by atoms with Crippen LogP contribution >= 0.6 is 0 Å². The molecule has 1 aromatic heterocycles. The van der Waals surface area contributed by atoms with Gasteiger partial charge in [0, 0.05) is 32.5 Å². The van der Waals surface area contributed by atoms with E-state index in [-0.39, 0.29) is 35.9 Å². The highest BCUT2D eigenvalue weighted by atomic mass is 16.5. The molecule has 1 aromatic rings. The van der Waals surface area contributed by atoms with Crippen molar-refractivity contribution in [3.05, 3.63) is 27.4 Å². The first-order valence-electron chi connectivity index (χ1n) is 11.3. The lowest BCUT2D eigenvalue weighted by Crippen LogP contribution is -2.44. The molecule has 0 spiro atoms. The first kappa shape index (κ1) is 21.0. The fraction of sp³-hybridized carbons (Fsp3) is 0.727. The van der Waals surface area contributed by atoms with Crippen LogP contribution in [0.2, 0.25) is 0 Å². The molecule has 0 radical (unpaired) electrons. The minimum atomic E-state index is -0.221. The van der Waals surface area contributed by atoms with E-state index in [1.807, 2.05) is 4.90 Å². The average Bonchev–Trinajstić information content (AvgIpc) is 2.79. The van der Waals surface area contributed by atoms with Crippen molar-refractivity contribution < 1.29 is 14.3 Å². The number of hydrogen-bond acceptors (Lipinski definition) is 5. The highest BCUT2D eigenvalue weighted by molar-refractivity contribution is 5.79. The molecule has 1 N–H and O–H groups in total. The predicted molar refractivity (Wildman–Crippen MR) is 111 cm³/mol. The lowest BCUT2D eigenvalue weighted by Gasteiger charge is -2.36. The summed E-state index contributed by atoms with van der Waals surface area (Å²) in [7, 11) is 1.51. The predicted octanol–water partition coefficient (Wildman–Crippen LogP) is 1.93. The van der Waals surface area contributed by atoms with E-state index in [0.29, 0.717) is 37.4 Å². The second-order valence-corrected chi connectivity index (χ2v) is 8.75. The van der Waals surface area contributed by atoms with E-state index in [9.17, 15) is 14.4 Å². The largest absolute Gasteiger partial charge is 0.375 e. The molecule has 164 valence electrons. The number of amides is 2. The molecule has 1 saturated heterocycles. The standard InChI is InChI=1S/C22H32N4O4/c1-30-14-19(27)26-11-6-5-9-18(26)20-23-17-10-12-25(13-16(17)21(28)24-20)22(29)15-7-3-2-4-8-15/h15,18H,2-14H2,1H3,(H,23,24,28). The van der Waals surface area contributed by atoms with Crippen LogP contribution < -0.4 is 5.56 Å². The van der Waals surface area contributed by atoms with Gasteiger partial charge in [-0.05, 0) is 32.1 Å².